The second-order valence-corrected chi connectivity index (χ2v) is 7.18. The monoisotopic (exact) mass is 337 g/mol. The highest BCUT2D eigenvalue weighted by atomic mass is 32.2. The highest BCUT2D eigenvalue weighted by molar-refractivity contribution is 7.99. The molecule has 1 aromatic carbocycles. The van der Waals surface area contributed by atoms with E-state index in [4.69, 9.17) is 0 Å². The van der Waals surface area contributed by atoms with Gasteiger partial charge < -0.3 is 4.57 Å². The summed E-state index contributed by atoms with van der Waals surface area (Å²) in [5, 5.41) is 10.1. The van der Waals surface area contributed by atoms with E-state index in [2.05, 4.69) is 44.4 Å². The van der Waals surface area contributed by atoms with Crippen LogP contribution in [0.3, 0.4) is 0 Å². The number of aromatic nitrogens is 5. The first-order valence-electron chi connectivity index (χ1n) is 8.23. The molecule has 1 aliphatic carbocycles. The molecular formula is C18H19N5S. The van der Waals surface area contributed by atoms with Crippen LogP contribution in [0, 0.1) is 0 Å². The van der Waals surface area contributed by atoms with Crippen molar-refractivity contribution in [3.8, 4) is 11.5 Å². The second kappa shape index (κ2) is 6.73. The standard InChI is InChI=1S/C18H19N5S/c1-23-17(15-12-19-10-11-20-15)21-22-18(23)24-16-9-5-3-7-13-6-2-4-8-14(13)16/h2,4,6,8,10-12,16H,3,5,7,9H2,1H3/t16-/m0/s1. The van der Waals surface area contributed by atoms with Gasteiger partial charge in [-0.05, 0) is 30.4 Å². The van der Waals surface area contributed by atoms with E-state index in [9.17, 15) is 0 Å². The first kappa shape index (κ1) is 15.3. The van der Waals surface area contributed by atoms with Gasteiger partial charge in [-0.15, -0.1) is 10.2 Å². The highest BCUT2D eigenvalue weighted by Crippen LogP contribution is 2.42. The van der Waals surface area contributed by atoms with Crippen molar-refractivity contribution < 1.29 is 0 Å². The molecule has 0 amide bonds. The van der Waals surface area contributed by atoms with E-state index in [1.54, 1.807) is 30.4 Å². The van der Waals surface area contributed by atoms with Crippen LogP contribution in [0.4, 0.5) is 0 Å². The molecule has 0 saturated carbocycles. The zero-order valence-electron chi connectivity index (χ0n) is 13.6. The molecule has 3 aromatic rings. The lowest BCUT2D eigenvalue weighted by Gasteiger charge is -2.16. The van der Waals surface area contributed by atoms with Gasteiger partial charge in [0.1, 0.15) is 5.69 Å². The third-order valence-electron chi connectivity index (χ3n) is 4.44. The third-order valence-corrected chi connectivity index (χ3v) is 5.78. The fourth-order valence-electron chi connectivity index (χ4n) is 3.18. The molecule has 24 heavy (non-hydrogen) atoms. The molecule has 0 aliphatic heterocycles. The molecule has 2 aromatic heterocycles. The van der Waals surface area contributed by atoms with Crippen LogP contribution in [0.15, 0.2) is 48.0 Å². The number of thioether (sulfide) groups is 1. The molecule has 0 spiro atoms. The molecule has 1 aliphatic rings. The molecule has 0 unspecified atom stereocenters. The molecular weight excluding hydrogens is 318 g/mol. The van der Waals surface area contributed by atoms with Gasteiger partial charge in [-0.2, -0.15) is 0 Å². The summed E-state index contributed by atoms with van der Waals surface area (Å²) < 4.78 is 2.02. The predicted octanol–water partition coefficient (Wildman–Crippen LogP) is 3.83. The Morgan fingerprint density at radius 3 is 2.92 bits per heavy atom. The highest BCUT2D eigenvalue weighted by Gasteiger charge is 2.22. The van der Waals surface area contributed by atoms with Gasteiger partial charge in [-0.1, -0.05) is 42.4 Å². The summed E-state index contributed by atoms with van der Waals surface area (Å²) in [6.45, 7) is 0. The lowest BCUT2D eigenvalue weighted by atomic mass is 10.0. The predicted molar refractivity (Wildman–Crippen MR) is 94.6 cm³/mol. The minimum absolute atomic E-state index is 0.432. The van der Waals surface area contributed by atoms with Crippen LogP contribution in [0.5, 0.6) is 0 Å². The summed E-state index contributed by atoms with van der Waals surface area (Å²) in [5.41, 5.74) is 3.67. The van der Waals surface area contributed by atoms with E-state index in [0.717, 1.165) is 16.7 Å². The van der Waals surface area contributed by atoms with Crippen LogP contribution in [-0.2, 0) is 13.5 Å². The summed E-state index contributed by atoms with van der Waals surface area (Å²) in [7, 11) is 1.99. The topological polar surface area (TPSA) is 56.5 Å². The fourth-order valence-corrected chi connectivity index (χ4v) is 4.41. The van der Waals surface area contributed by atoms with Crippen LogP contribution in [0.25, 0.3) is 11.5 Å². The second-order valence-electron chi connectivity index (χ2n) is 6.01. The average Bonchev–Trinajstić information content (AvgIpc) is 2.86. The summed E-state index contributed by atoms with van der Waals surface area (Å²) in [4.78, 5) is 8.44. The molecule has 4 rings (SSSR count). The van der Waals surface area contributed by atoms with Crippen molar-refractivity contribution in [3.63, 3.8) is 0 Å². The maximum atomic E-state index is 4.40. The van der Waals surface area contributed by atoms with Crippen molar-refractivity contribution in [2.45, 2.75) is 36.1 Å². The van der Waals surface area contributed by atoms with Gasteiger partial charge in [0.25, 0.3) is 0 Å². The maximum Gasteiger partial charge on any atom is 0.191 e. The van der Waals surface area contributed by atoms with E-state index in [1.807, 2.05) is 11.6 Å². The first-order valence-corrected chi connectivity index (χ1v) is 9.11. The molecule has 0 radical (unpaired) electrons. The Labute approximate surface area is 145 Å². The van der Waals surface area contributed by atoms with E-state index < -0.39 is 0 Å². The molecule has 0 N–H and O–H groups in total. The smallest absolute Gasteiger partial charge is 0.191 e. The minimum Gasteiger partial charge on any atom is -0.304 e. The van der Waals surface area contributed by atoms with E-state index in [0.29, 0.717) is 5.25 Å². The Kier molecular flexibility index (Phi) is 4.30. The SMILES string of the molecule is Cn1c(S[C@H]2CCCCc3ccccc32)nnc1-c1cnccn1. The van der Waals surface area contributed by atoms with Gasteiger partial charge in [0, 0.05) is 24.7 Å². The fraction of sp³-hybridized carbons (Fsp3) is 0.333. The molecule has 5 nitrogen and oxygen atoms in total. The van der Waals surface area contributed by atoms with Crippen molar-refractivity contribution >= 4 is 11.8 Å². The van der Waals surface area contributed by atoms with Crippen LogP contribution < -0.4 is 0 Å². The van der Waals surface area contributed by atoms with E-state index in [-0.39, 0.29) is 0 Å². The maximum absolute atomic E-state index is 4.40. The molecule has 0 bridgehead atoms. The minimum atomic E-state index is 0.432. The van der Waals surface area contributed by atoms with Crippen LogP contribution in [0.2, 0.25) is 0 Å². The van der Waals surface area contributed by atoms with Crippen molar-refractivity contribution in [3.05, 3.63) is 54.0 Å². The van der Waals surface area contributed by atoms with Gasteiger partial charge >= 0.3 is 0 Å². The van der Waals surface area contributed by atoms with Crippen molar-refractivity contribution in [2.24, 2.45) is 7.05 Å². The van der Waals surface area contributed by atoms with Crippen LogP contribution in [0.1, 0.15) is 35.6 Å². The number of hydrogen-bond acceptors (Lipinski definition) is 5. The Balaban J connectivity index is 1.64. The van der Waals surface area contributed by atoms with Crippen molar-refractivity contribution in [1.82, 2.24) is 24.7 Å². The van der Waals surface area contributed by atoms with E-state index in [1.165, 1.54) is 36.8 Å². The van der Waals surface area contributed by atoms with E-state index >= 15 is 0 Å². The molecule has 6 heteroatoms. The normalized spacial score (nSPS) is 17.3. The van der Waals surface area contributed by atoms with Gasteiger partial charge in [-0.25, -0.2) is 4.98 Å². The molecule has 0 fully saturated rings. The molecule has 0 saturated heterocycles. The number of fused-ring (bicyclic) bond motifs is 1. The van der Waals surface area contributed by atoms with Gasteiger partial charge in [0.15, 0.2) is 11.0 Å². The van der Waals surface area contributed by atoms with Gasteiger partial charge in [0.05, 0.1) is 6.20 Å². The van der Waals surface area contributed by atoms with Gasteiger partial charge in [0.2, 0.25) is 0 Å². The number of rotatable bonds is 3. The molecule has 1 atom stereocenters. The zero-order chi connectivity index (χ0) is 16.4. The largest absolute Gasteiger partial charge is 0.304 e. The number of benzene rings is 1. The summed E-state index contributed by atoms with van der Waals surface area (Å²) in [5.74, 6) is 0.757. The van der Waals surface area contributed by atoms with Crippen LogP contribution >= 0.6 is 11.8 Å². The summed E-state index contributed by atoms with van der Waals surface area (Å²) >= 11 is 1.80. The van der Waals surface area contributed by atoms with Crippen LogP contribution in [-0.4, -0.2) is 24.7 Å². The summed E-state index contributed by atoms with van der Waals surface area (Å²) in [6, 6.07) is 8.80. The average molecular weight is 337 g/mol. The Morgan fingerprint density at radius 1 is 1.12 bits per heavy atom. The number of aryl methyl sites for hydroxylation is 1. The lowest BCUT2D eigenvalue weighted by molar-refractivity contribution is 0.699. The zero-order valence-corrected chi connectivity index (χ0v) is 14.4. The Bertz CT molecular complexity index is 830. The third kappa shape index (κ3) is 2.94. The lowest BCUT2D eigenvalue weighted by Crippen LogP contribution is -2.00. The molecule has 2 heterocycles. The number of nitrogens with zero attached hydrogens (tertiary/aromatic N) is 5. The van der Waals surface area contributed by atoms with Gasteiger partial charge in [-0.3, -0.25) is 4.98 Å². The Hall–Kier alpha value is -2.21. The summed E-state index contributed by atoms with van der Waals surface area (Å²) in [6.07, 6.45) is 9.93. The quantitative estimate of drug-likeness (QED) is 0.680. The molecule has 122 valence electrons. The van der Waals surface area contributed by atoms with Crippen molar-refractivity contribution in [2.75, 3.05) is 0 Å². The number of hydrogen-bond donors (Lipinski definition) is 0. The Morgan fingerprint density at radius 2 is 2.04 bits per heavy atom. The van der Waals surface area contributed by atoms with Crippen molar-refractivity contribution in [1.29, 1.82) is 0 Å². The first-order chi connectivity index (χ1) is 11.8.